The van der Waals surface area contributed by atoms with Crippen LogP contribution in [0, 0.1) is 0 Å². The van der Waals surface area contributed by atoms with Crippen molar-refractivity contribution in [3.05, 3.63) is 89.3 Å². The van der Waals surface area contributed by atoms with E-state index in [1.807, 2.05) is 30.5 Å². The van der Waals surface area contributed by atoms with Crippen LogP contribution in [0.25, 0.3) is 23.1 Å². The number of carbonyl (C=O) groups excluding carboxylic acids is 1. The number of nitrogens with one attached hydrogen (secondary N) is 1. The van der Waals surface area contributed by atoms with Crippen LogP contribution in [0.2, 0.25) is 0 Å². The van der Waals surface area contributed by atoms with Gasteiger partial charge in [0.05, 0.1) is 6.61 Å². The summed E-state index contributed by atoms with van der Waals surface area (Å²) >= 11 is 0. The van der Waals surface area contributed by atoms with Crippen LogP contribution in [0.3, 0.4) is 0 Å². The Morgan fingerprint density at radius 3 is 2.70 bits per heavy atom. The molecule has 0 fully saturated rings. The normalized spacial score (nSPS) is 12.4. The molecule has 2 aromatic carbocycles. The molecule has 5 nitrogen and oxygen atoms in total. The summed E-state index contributed by atoms with van der Waals surface area (Å²) in [4.78, 5) is 15.1. The Hall–Kier alpha value is -3.57. The third-order valence-electron chi connectivity index (χ3n) is 4.06. The number of H-pyrrole nitrogens is 1. The number of rotatable bonds is 6. The van der Waals surface area contributed by atoms with Gasteiger partial charge in [0.1, 0.15) is 11.5 Å². The average Bonchev–Trinajstić information content (AvgIpc) is 3.09. The molecule has 0 atom stereocenters. The molecule has 0 radical (unpaired) electrons. The average molecular weight is 361 g/mol. The second-order valence-corrected chi connectivity index (χ2v) is 5.97. The number of phenols is 1. The van der Waals surface area contributed by atoms with Crippen molar-refractivity contribution in [2.75, 3.05) is 0 Å². The molecule has 1 heterocycles. The van der Waals surface area contributed by atoms with Crippen LogP contribution in [0.1, 0.15) is 16.7 Å². The highest BCUT2D eigenvalue weighted by molar-refractivity contribution is 6.04. The molecule has 27 heavy (non-hydrogen) atoms. The Kier molecular flexibility index (Phi) is 5.54. The molecule has 136 valence electrons. The lowest BCUT2D eigenvalue weighted by atomic mass is 10.1. The number of fused-ring (bicyclic) bond motifs is 1. The molecule has 0 saturated heterocycles. The highest BCUT2D eigenvalue weighted by Gasteiger charge is 2.01. The van der Waals surface area contributed by atoms with Crippen LogP contribution >= 0.6 is 0 Å². The molecule has 3 rings (SSSR count). The summed E-state index contributed by atoms with van der Waals surface area (Å²) in [6.07, 6.45) is 9.00. The molecule has 0 amide bonds. The number of hydrogen-bond acceptors (Lipinski definition) is 4. The highest BCUT2D eigenvalue weighted by Crippen LogP contribution is 2.20. The van der Waals surface area contributed by atoms with Crippen molar-refractivity contribution >= 4 is 28.8 Å². The van der Waals surface area contributed by atoms with Crippen LogP contribution in [-0.4, -0.2) is 26.1 Å². The van der Waals surface area contributed by atoms with Gasteiger partial charge in [-0.15, -0.1) is 0 Å². The van der Waals surface area contributed by atoms with Gasteiger partial charge in [-0.3, -0.25) is 4.79 Å². The van der Waals surface area contributed by atoms with E-state index >= 15 is 0 Å². The maximum Gasteiger partial charge on any atom is 0.182 e. The number of hydrogen-bond donors (Lipinski definition) is 4. The predicted molar refractivity (Wildman–Crippen MR) is 106 cm³/mol. The summed E-state index contributed by atoms with van der Waals surface area (Å²) in [7, 11) is 0. The summed E-state index contributed by atoms with van der Waals surface area (Å²) in [5.74, 6) is -0.529. The van der Waals surface area contributed by atoms with E-state index in [4.69, 9.17) is 5.11 Å². The van der Waals surface area contributed by atoms with Crippen molar-refractivity contribution in [1.82, 2.24) is 4.98 Å². The molecule has 0 saturated carbocycles. The van der Waals surface area contributed by atoms with Crippen LogP contribution < -0.4 is 0 Å². The van der Waals surface area contributed by atoms with Crippen molar-refractivity contribution in [2.24, 2.45) is 0 Å². The Morgan fingerprint density at radius 2 is 1.89 bits per heavy atom. The van der Waals surface area contributed by atoms with E-state index in [0.29, 0.717) is 11.1 Å². The second kappa shape index (κ2) is 8.21. The molecule has 1 aromatic heterocycles. The molecule has 0 unspecified atom stereocenters. The van der Waals surface area contributed by atoms with Crippen molar-refractivity contribution in [2.45, 2.75) is 6.61 Å². The summed E-state index contributed by atoms with van der Waals surface area (Å²) < 4.78 is 0. The minimum absolute atomic E-state index is 0.00649. The minimum Gasteiger partial charge on any atom is -0.508 e. The zero-order valence-electron chi connectivity index (χ0n) is 14.5. The predicted octanol–water partition coefficient (Wildman–Crippen LogP) is 4.10. The van der Waals surface area contributed by atoms with Crippen LogP contribution in [0.5, 0.6) is 5.75 Å². The maximum absolute atomic E-state index is 12.0. The van der Waals surface area contributed by atoms with E-state index < -0.39 is 0 Å². The number of aromatic hydroxyl groups is 1. The van der Waals surface area contributed by atoms with Crippen molar-refractivity contribution in [1.29, 1.82) is 0 Å². The van der Waals surface area contributed by atoms with Gasteiger partial charge >= 0.3 is 0 Å². The smallest absolute Gasteiger partial charge is 0.182 e. The summed E-state index contributed by atoms with van der Waals surface area (Å²) in [5.41, 5.74) is 2.95. The Labute approximate surface area is 156 Å². The number of para-hydroxylation sites is 1. The number of aliphatic hydroxyl groups is 2. The van der Waals surface area contributed by atoms with E-state index in [1.165, 1.54) is 18.2 Å². The van der Waals surface area contributed by atoms with E-state index in [9.17, 15) is 15.0 Å². The summed E-state index contributed by atoms with van der Waals surface area (Å²) in [6.45, 7) is -0.285. The van der Waals surface area contributed by atoms with Gasteiger partial charge in [-0.2, -0.15) is 0 Å². The SMILES string of the molecule is O=C(C=C(O)/C=C/c1ccc(O)c(CO)c1)/C=C/c1c[nH]c2ccccc12. The number of benzene rings is 2. The zero-order valence-corrected chi connectivity index (χ0v) is 14.5. The largest absolute Gasteiger partial charge is 0.508 e. The monoisotopic (exact) mass is 361 g/mol. The Balaban J connectivity index is 1.69. The summed E-state index contributed by atoms with van der Waals surface area (Å²) in [5, 5.41) is 29.6. The molecule has 0 spiro atoms. The van der Waals surface area contributed by atoms with Gasteiger partial charge in [-0.1, -0.05) is 30.3 Å². The second-order valence-electron chi connectivity index (χ2n) is 5.97. The lowest BCUT2D eigenvalue weighted by molar-refractivity contribution is -0.110. The number of carbonyl (C=O) groups is 1. The lowest BCUT2D eigenvalue weighted by Crippen LogP contribution is -1.89. The van der Waals surface area contributed by atoms with E-state index in [0.717, 1.165) is 22.5 Å². The van der Waals surface area contributed by atoms with E-state index in [1.54, 1.807) is 24.3 Å². The zero-order chi connectivity index (χ0) is 19.2. The molecule has 0 bridgehead atoms. The van der Waals surface area contributed by atoms with Gasteiger partial charge in [0.25, 0.3) is 0 Å². The first-order valence-corrected chi connectivity index (χ1v) is 8.36. The molecule has 0 aliphatic heterocycles. The third kappa shape index (κ3) is 4.54. The highest BCUT2D eigenvalue weighted by atomic mass is 16.3. The molecule has 5 heteroatoms. The third-order valence-corrected chi connectivity index (χ3v) is 4.06. The molecule has 0 aliphatic carbocycles. The van der Waals surface area contributed by atoms with Gasteiger partial charge in [-0.25, -0.2) is 0 Å². The fourth-order valence-corrected chi connectivity index (χ4v) is 2.66. The number of aromatic amines is 1. The van der Waals surface area contributed by atoms with Gasteiger partial charge in [0.15, 0.2) is 5.78 Å². The van der Waals surface area contributed by atoms with Gasteiger partial charge in [-0.05, 0) is 47.6 Å². The van der Waals surface area contributed by atoms with E-state index in [2.05, 4.69) is 4.98 Å². The fraction of sp³-hybridized carbons (Fsp3) is 0.0455. The Bertz CT molecular complexity index is 1060. The summed E-state index contributed by atoms with van der Waals surface area (Å²) in [6, 6.07) is 12.5. The number of ketones is 1. The molecule has 4 N–H and O–H groups in total. The molecule has 0 aliphatic rings. The van der Waals surface area contributed by atoms with Gasteiger partial charge in [0.2, 0.25) is 0 Å². The quantitative estimate of drug-likeness (QED) is 0.302. The van der Waals surface area contributed by atoms with Gasteiger partial charge < -0.3 is 20.3 Å². The molecular formula is C22H19NO4. The number of aliphatic hydroxyl groups excluding tert-OH is 2. The lowest BCUT2D eigenvalue weighted by Gasteiger charge is -2.01. The first-order chi connectivity index (χ1) is 13.1. The van der Waals surface area contributed by atoms with Crippen molar-refractivity contribution in [3.8, 4) is 5.75 Å². The first kappa shape index (κ1) is 18.2. The van der Waals surface area contributed by atoms with Gasteiger partial charge in [0, 0.05) is 28.7 Å². The van der Waals surface area contributed by atoms with Crippen LogP contribution in [0.15, 0.2) is 72.6 Å². The molecular weight excluding hydrogens is 342 g/mol. The Morgan fingerprint density at radius 1 is 1.07 bits per heavy atom. The van der Waals surface area contributed by atoms with Crippen molar-refractivity contribution in [3.63, 3.8) is 0 Å². The van der Waals surface area contributed by atoms with E-state index in [-0.39, 0.29) is 23.9 Å². The number of aromatic nitrogens is 1. The van der Waals surface area contributed by atoms with Crippen molar-refractivity contribution < 1.29 is 20.1 Å². The standard InChI is InChI=1S/C22H19NO4/c24-14-17-11-15(6-10-22(17)27)5-8-18(25)12-19(26)9-7-16-13-23-21-4-2-1-3-20(16)21/h1-13,23-25,27H,14H2/b8-5+,9-7+,18-12?. The first-order valence-electron chi connectivity index (χ1n) is 8.36. The minimum atomic E-state index is -0.343. The van der Waals surface area contributed by atoms with Crippen LogP contribution in [0.4, 0.5) is 0 Å². The topological polar surface area (TPSA) is 93.6 Å². The number of allylic oxidation sites excluding steroid dienone is 3. The molecule has 3 aromatic rings. The van der Waals surface area contributed by atoms with Crippen LogP contribution in [-0.2, 0) is 11.4 Å². The maximum atomic E-state index is 12.0. The fourth-order valence-electron chi connectivity index (χ4n) is 2.66.